The van der Waals surface area contributed by atoms with Gasteiger partial charge in [-0.15, -0.1) is 0 Å². The van der Waals surface area contributed by atoms with Crippen LogP contribution in [-0.2, 0) is 9.59 Å². The van der Waals surface area contributed by atoms with Crippen molar-refractivity contribution in [3.63, 3.8) is 0 Å². The van der Waals surface area contributed by atoms with Crippen LogP contribution >= 0.6 is 0 Å². The minimum atomic E-state index is -1.28. The molecule has 334 valence electrons. The Morgan fingerprint density at radius 3 is 1.43 bits per heavy atom. The Hall–Kier alpha value is -8.02. The summed E-state index contributed by atoms with van der Waals surface area (Å²) < 4.78 is 28.8. The van der Waals surface area contributed by atoms with Crippen molar-refractivity contribution in [2.45, 2.75) is 12.8 Å². The Bertz CT molecular complexity index is 2840. The summed E-state index contributed by atoms with van der Waals surface area (Å²) >= 11 is 0. The highest BCUT2D eigenvalue weighted by Gasteiger charge is 2.31. The predicted octanol–water partition coefficient (Wildman–Crippen LogP) is 4.59. The Morgan fingerprint density at radius 2 is 1.02 bits per heavy atom. The van der Waals surface area contributed by atoms with Gasteiger partial charge in [-0.2, -0.15) is 0 Å². The number of ketones is 2. The first-order valence-electron chi connectivity index (χ1n) is 20.7. The number of amides is 5. The third-order valence-electron chi connectivity index (χ3n) is 11.5. The van der Waals surface area contributed by atoms with Gasteiger partial charge in [0.05, 0.1) is 33.3 Å². The number of H-pyrrole nitrogens is 2. The summed E-state index contributed by atoms with van der Waals surface area (Å²) in [7, 11) is 1.44. The van der Waals surface area contributed by atoms with Crippen LogP contribution < -0.4 is 16.0 Å². The first-order chi connectivity index (χ1) is 31.3. The number of likely N-dealkylation sites (tertiary alicyclic amines) is 2. The molecule has 0 radical (unpaired) electrons. The second kappa shape index (κ2) is 19.6. The molecule has 4 heterocycles. The van der Waals surface area contributed by atoms with E-state index in [4.69, 9.17) is 0 Å². The number of aromatic amines is 2. The van der Waals surface area contributed by atoms with Crippen molar-refractivity contribution in [1.29, 1.82) is 0 Å². The molecular weight excluding hydrogens is 845 g/mol. The fourth-order valence-corrected chi connectivity index (χ4v) is 8.05. The number of carbonyl (C=O) groups excluding carboxylic acids is 7. The van der Waals surface area contributed by atoms with E-state index >= 15 is 0 Å². The second-order valence-electron chi connectivity index (χ2n) is 15.6. The summed E-state index contributed by atoms with van der Waals surface area (Å²) in [4.78, 5) is 107. The highest BCUT2D eigenvalue weighted by Crippen LogP contribution is 2.28. The zero-order valence-electron chi connectivity index (χ0n) is 34.9. The number of nitrogens with zero attached hydrogens (tertiary/aromatic N) is 2. The number of carboxylic acids is 1. The Balaban J connectivity index is 0.000000194. The molecule has 2 aromatic heterocycles. The lowest BCUT2D eigenvalue weighted by molar-refractivity contribution is -0.117. The number of hydrogen-bond acceptors (Lipinski definition) is 8. The summed E-state index contributed by atoms with van der Waals surface area (Å²) in [5, 5.41) is 16.5. The van der Waals surface area contributed by atoms with Crippen LogP contribution in [0.25, 0.3) is 21.8 Å². The first kappa shape index (κ1) is 45.0. The van der Waals surface area contributed by atoms with Gasteiger partial charge in [-0.05, 0) is 73.2 Å². The summed E-state index contributed by atoms with van der Waals surface area (Å²) in [6.45, 7) is 2.45. The summed E-state index contributed by atoms with van der Waals surface area (Å²) in [5.74, 6) is -7.04. The number of aromatic nitrogens is 2. The molecule has 2 atom stereocenters. The largest absolute Gasteiger partial charge is 0.478 e. The van der Waals surface area contributed by atoms with E-state index in [2.05, 4.69) is 25.9 Å². The van der Waals surface area contributed by atoms with Gasteiger partial charge in [-0.25, -0.2) is 13.6 Å². The molecule has 2 aliphatic heterocycles. The van der Waals surface area contributed by atoms with Gasteiger partial charge in [0, 0.05) is 80.6 Å². The van der Waals surface area contributed by atoms with Crippen molar-refractivity contribution in [2.24, 2.45) is 11.8 Å². The molecule has 2 saturated heterocycles. The molecule has 4 aromatic carbocycles. The summed E-state index contributed by atoms with van der Waals surface area (Å²) in [6, 6.07) is 22.3. The van der Waals surface area contributed by atoms with Crippen LogP contribution in [0.5, 0.6) is 0 Å². The zero-order chi connectivity index (χ0) is 46.4. The number of nitrogens with one attached hydrogen (secondary N) is 5. The number of fused-ring (bicyclic) bond motifs is 2. The van der Waals surface area contributed by atoms with E-state index in [-0.39, 0.29) is 80.8 Å². The lowest BCUT2D eigenvalue weighted by Crippen LogP contribution is -2.36. The van der Waals surface area contributed by atoms with Crippen LogP contribution in [0.2, 0.25) is 0 Å². The van der Waals surface area contributed by atoms with Gasteiger partial charge in [0.25, 0.3) is 41.1 Å². The highest BCUT2D eigenvalue weighted by atomic mass is 19.1. The predicted molar refractivity (Wildman–Crippen MR) is 232 cm³/mol. The van der Waals surface area contributed by atoms with Crippen molar-refractivity contribution in [2.75, 3.05) is 46.3 Å². The highest BCUT2D eigenvalue weighted by molar-refractivity contribution is 6.45. The third-order valence-corrected chi connectivity index (χ3v) is 11.5. The normalized spacial score (nSPS) is 15.6. The number of carbonyl (C=O) groups is 8. The van der Waals surface area contributed by atoms with E-state index in [9.17, 15) is 52.2 Å². The topological polar surface area (TPSA) is 231 Å². The second-order valence-corrected chi connectivity index (χ2v) is 15.6. The van der Waals surface area contributed by atoms with E-state index < -0.39 is 46.9 Å². The lowest BCUT2D eigenvalue weighted by atomic mass is 10.0. The van der Waals surface area contributed by atoms with E-state index in [1.807, 2.05) is 12.1 Å². The molecule has 16 nitrogen and oxygen atoms in total. The maximum Gasteiger partial charge on any atom is 0.337 e. The van der Waals surface area contributed by atoms with E-state index in [1.54, 1.807) is 58.3 Å². The Kier molecular flexibility index (Phi) is 13.6. The molecule has 2 fully saturated rings. The maximum absolute atomic E-state index is 14.5. The van der Waals surface area contributed by atoms with Gasteiger partial charge in [0.15, 0.2) is 0 Å². The molecular formula is C47H43F2N7O9. The van der Waals surface area contributed by atoms with E-state index in [0.29, 0.717) is 50.1 Å². The number of rotatable bonds is 12. The minimum absolute atomic E-state index is 0.00831. The molecule has 18 heteroatoms. The molecule has 2 aliphatic rings. The smallest absolute Gasteiger partial charge is 0.337 e. The van der Waals surface area contributed by atoms with Crippen LogP contribution in [0.4, 0.5) is 8.78 Å². The number of carboxylic acid groups (broad SMARTS) is 1. The minimum Gasteiger partial charge on any atom is -0.478 e. The SMILES string of the molecule is CNC(=O)c1ccc(F)c2c(C(=O)C(=O)NCC3CCN(C(=O)c4ccccc4)C3)c[nH]c12.O=C(NCC1CCN(C(=O)c2ccccc2)C1)C(=O)c1c[nH]c2c(C(=O)O)ccc(F)c12. The van der Waals surface area contributed by atoms with Gasteiger partial charge in [-0.3, -0.25) is 33.6 Å². The van der Waals surface area contributed by atoms with Crippen LogP contribution in [0.15, 0.2) is 97.3 Å². The van der Waals surface area contributed by atoms with E-state index in [1.165, 1.54) is 19.3 Å². The quantitative estimate of drug-likeness (QED) is 0.0745. The third kappa shape index (κ3) is 9.65. The molecule has 0 aliphatic carbocycles. The Labute approximate surface area is 369 Å². The number of halogens is 2. The Morgan fingerprint density at radius 1 is 0.600 bits per heavy atom. The van der Waals surface area contributed by atoms with Crippen molar-refractivity contribution in [1.82, 2.24) is 35.7 Å². The molecule has 6 aromatic rings. The van der Waals surface area contributed by atoms with Crippen molar-refractivity contribution < 1.29 is 52.2 Å². The summed E-state index contributed by atoms with van der Waals surface area (Å²) in [6.07, 6.45) is 3.75. The molecule has 8 rings (SSSR count). The number of benzene rings is 4. The summed E-state index contributed by atoms with van der Waals surface area (Å²) in [5.41, 5.74) is 0.890. The molecule has 0 spiro atoms. The van der Waals surface area contributed by atoms with Crippen LogP contribution in [0.1, 0.15) is 75.0 Å². The number of Topliss-reactive ketones (excluding diaryl/α,β-unsaturated/α-hetero) is 2. The number of aromatic carboxylic acids is 1. The van der Waals surface area contributed by atoms with Gasteiger partial charge < -0.3 is 40.8 Å². The van der Waals surface area contributed by atoms with E-state index in [0.717, 1.165) is 24.4 Å². The average Bonchev–Trinajstić information content (AvgIpc) is 4.17. The zero-order valence-corrected chi connectivity index (χ0v) is 34.9. The standard InChI is InChI=1S/C24H23FN4O4.C23H20FN3O5/c1-26-22(31)16-7-8-18(25)19-17(12-27-20(16)19)21(30)23(32)28-11-14-9-10-29(13-14)24(33)15-5-3-2-4-6-15;24-17-7-6-15(23(31)32)19-18(17)16(11-25-19)20(28)21(29)26-10-13-8-9-27(12-13)22(30)14-4-2-1-3-5-14/h2-8,12,14,27H,9-11,13H2,1H3,(H,26,31)(H,28,32);1-7,11,13,25H,8-10,12H2,(H,26,29)(H,31,32). The molecule has 0 bridgehead atoms. The first-order valence-corrected chi connectivity index (χ1v) is 20.7. The van der Waals surface area contributed by atoms with Gasteiger partial charge >= 0.3 is 5.97 Å². The monoisotopic (exact) mass is 887 g/mol. The number of hydrogen-bond donors (Lipinski definition) is 6. The molecule has 65 heavy (non-hydrogen) atoms. The lowest BCUT2D eigenvalue weighted by Gasteiger charge is -2.16. The molecule has 6 N–H and O–H groups in total. The van der Waals surface area contributed by atoms with Crippen LogP contribution in [0, 0.1) is 23.5 Å². The maximum atomic E-state index is 14.5. The fourth-order valence-electron chi connectivity index (χ4n) is 8.05. The van der Waals surface area contributed by atoms with Crippen LogP contribution in [-0.4, -0.2) is 118 Å². The molecule has 0 saturated carbocycles. The van der Waals surface area contributed by atoms with Gasteiger partial charge in [-0.1, -0.05) is 36.4 Å². The van der Waals surface area contributed by atoms with Crippen molar-refractivity contribution in [3.8, 4) is 0 Å². The van der Waals surface area contributed by atoms with Crippen molar-refractivity contribution >= 4 is 68.9 Å². The van der Waals surface area contributed by atoms with Crippen LogP contribution in [0.3, 0.4) is 0 Å². The fraction of sp³-hybridized carbons (Fsp3) is 0.234. The van der Waals surface area contributed by atoms with Crippen molar-refractivity contribution in [3.05, 3.63) is 142 Å². The van der Waals surface area contributed by atoms with Gasteiger partial charge in [0.2, 0.25) is 0 Å². The molecule has 5 amide bonds. The van der Waals surface area contributed by atoms with Gasteiger partial charge in [0.1, 0.15) is 11.6 Å². The average molecular weight is 888 g/mol. The molecule has 2 unspecified atom stereocenters.